The largest absolute Gasteiger partial charge is 0.451 e. The zero-order valence-corrected chi connectivity index (χ0v) is 33.2. The normalized spacial score (nSPS) is 13.5. The summed E-state index contributed by atoms with van der Waals surface area (Å²) in [6, 6.07) is 11.3. The fourth-order valence-electron chi connectivity index (χ4n) is 5.80. The van der Waals surface area contributed by atoms with Crippen LogP contribution in [0.25, 0.3) is 65.8 Å². The fraction of sp³-hybridized carbons (Fsp3) is 0.0909. The van der Waals surface area contributed by atoms with Gasteiger partial charge >= 0.3 is 20.2 Å². The number of thiophene rings is 2. The van der Waals surface area contributed by atoms with Crippen molar-refractivity contribution < 1.29 is 43.6 Å². The zero-order valence-electron chi connectivity index (χ0n) is 26.9. The van der Waals surface area contributed by atoms with Gasteiger partial charge in [-0.3, -0.25) is 9.11 Å². The summed E-state index contributed by atoms with van der Waals surface area (Å²) < 4.78 is 112. The molecule has 2 N–H and O–H groups in total. The summed E-state index contributed by atoms with van der Waals surface area (Å²) in [5, 5.41) is 9.77. The Balaban J connectivity index is 1.09. The Morgan fingerprint density at radius 3 is 1.45 bits per heavy atom. The molecule has 22 heteroatoms. The molecule has 0 bridgehead atoms. The lowest BCUT2D eigenvalue weighted by atomic mass is 10.2. The van der Waals surface area contributed by atoms with Gasteiger partial charge < -0.3 is 8.83 Å². The fourth-order valence-corrected chi connectivity index (χ4v) is 10.3. The van der Waals surface area contributed by atoms with E-state index in [4.69, 9.17) is 55.2 Å². The van der Waals surface area contributed by atoms with Crippen LogP contribution in [0.15, 0.2) is 77.9 Å². The molecular formula is C33H18Cl4F2N4O8S4. The number of hydrogen-bond donors (Lipinski definition) is 2. The van der Waals surface area contributed by atoms with E-state index in [1.54, 1.807) is 24.3 Å². The number of benzene rings is 2. The summed E-state index contributed by atoms with van der Waals surface area (Å²) in [7, 11) is -9.12. The maximum atomic E-state index is 15.8. The number of rotatable bonds is 10. The molecule has 6 heterocycles. The summed E-state index contributed by atoms with van der Waals surface area (Å²) in [6.45, 7) is 0. The molecule has 0 aliphatic carbocycles. The molecule has 12 nitrogen and oxygen atoms in total. The van der Waals surface area contributed by atoms with Crippen LogP contribution in [0.2, 0.25) is 20.1 Å². The first-order valence-corrected chi connectivity index (χ1v) is 21.5. The van der Waals surface area contributed by atoms with E-state index < -0.39 is 31.9 Å². The van der Waals surface area contributed by atoms with Crippen molar-refractivity contribution in [2.45, 2.75) is 27.7 Å². The average Bonchev–Trinajstić information content (AvgIpc) is 3.92. The highest BCUT2D eigenvalue weighted by Gasteiger charge is 2.29. The highest BCUT2D eigenvalue weighted by atomic mass is 35.5. The maximum Gasteiger partial charge on any atom is 0.304 e. The first-order valence-electron chi connectivity index (χ1n) is 15.5. The second-order valence-electron chi connectivity index (χ2n) is 11.8. The van der Waals surface area contributed by atoms with E-state index >= 15 is 8.78 Å². The van der Waals surface area contributed by atoms with Crippen molar-refractivity contribution in [2.75, 3.05) is 0 Å². The number of aromatic nitrogens is 4. The Morgan fingerprint density at radius 2 is 1.09 bits per heavy atom. The molecule has 0 aliphatic heterocycles. The number of hydrogen-bond acceptors (Lipinski definition) is 10. The van der Waals surface area contributed by atoms with Crippen LogP contribution in [0.5, 0.6) is 0 Å². The van der Waals surface area contributed by atoms with Crippen LogP contribution in [0.3, 0.4) is 0 Å². The molecule has 284 valence electrons. The first kappa shape index (κ1) is 38.1. The predicted molar refractivity (Wildman–Crippen MR) is 209 cm³/mol. The van der Waals surface area contributed by atoms with Crippen molar-refractivity contribution in [2.24, 2.45) is 0 Å². The maximum absolute atomic E-state index is 15.8. The standard InChI is InChI=1S/C33H18Cl4F2N4O8S4/c34-14-6-8-20(16(36)10-14)42-28-30(50-22-12-24(52-32(22)28)54(44,45)46)26(40-42)18(38)4-2-1-3-5-19(39)27-31-29(33-23(51-31)13-25(53-33)55(47,48)49)43(41-27)21-9-7-15(35)11-17(21)37/h4-13H,1-3H2,(H,44,45,46)(H,47,48,49)/b18-4-,19-5-. The van der Waals surface area contributed by atoms with Crippen molar-refractivity contribution in [3.05, 3.63) is 92.2 Å². The molecule has 0 unspecified atom stereocenters. The second-order valence-corrected chi connectivity index (χ2v) is 18.9. The molecule has 6 aromatic heterocycles. The lowest BCUT2D eigenvalue weighted by Gasteiger charge is -2.05. The minimum absolute atomic E-state index is 0.00343. The van der Waals surface area contributed by atoms with Crippen LogP contribution in [0, 0.1) is 0 Å². The molecule has 0 saturated heterocycles. The molecule has 2 aromatic carbocycles. The summed E-state index contributed by atoms with van der Waals surface area (Å²) >= 11 is 26.5. The van der Waals surface area contributed by atoms with Crippen LogP contribution < -0.4 is 0 Å². The van der Waals surface area contributed by atoms with Crippen LogP contribution in [-0.2, 0) is 20.2 Å². The minimum atomic E-state index is -4.56. The molecule has 0 spiro atoms. The third-order valence-corrected chi connectivity index (χ3v) is 14.1. The number of allylic oxidation sites excluding steroid dienone is 2. The highest BCUT2D eigenvalue weighted by molar-refractivity contribution is 7.88. The van der Waals surface area contributed by atoms with Crippen LogP contribution in [0.4, 0.5) is 8.78 Å². The average molecular weight is 907 g/mol. The zero-order chi connectivity index (χ0) is 39.1. The van der Waals surface area contributed by atoms with Crippen molar-refractivity contribution >= 4 is 144 Å². The van der Waals surface area contributed by atoms with Crippen molar-refractivity contribution in [3.63, 3.8) is 0 Å². The van der Waals surface area contributed by atoms with E-state index in [-0.39, 0.29) is 91.9 Å². The SMILES string of the molecule is O=S(=O)(O)c1cc2oc3c(/C(F)=C/CCC/C=C(\F)c4nn(-c5ccc(Cl)cc5Cl)c5c4oc4cc(S(=O)(=O)O)sc45)nn(-c4ccc(Cl)cc4Cl)c3c2s1. The highest BCUT2D eigenvalue weighted by Crippen LogP contribution is 2.44. The van der Waals surface area contributed by atoms with Crippen molar-refractivity contribution in [1.82, 2.24) is 19.6 Å². The van der Waals surface area contributed by atoms with Gasteiger partial charge in [-0.25, -0.2) is 18.1 Å². The van der Waals surface area contributed by atoms with Gasteiger partial charge in [0.05, 0.1) is 21.4 Å². The lowest BCUT2D eigenvalue weighted by Crippen LogP contribution is -1.98. The molecule has 0 amide bonds. The van der Waals surface area contributed by atoms with Gasteiger partial charge in [0.25, 0.3) is 0 Å². The van der Waals surface area contributed by atoms with Crippen LogP contribution in [-0.4, -0.2) is 45.5 Å². The van der Waals surface area contributed by atoms with Gasteiger partial charge in [0, 0.05) is 22.2 Å². The van der Waals surface area contributed by atoms with Crippen molar-refractivity contribution in [3.8, 4) is 11.4 Å². The molecule has 55 heavy (non-hydrogen) atoms. The summed E-state index contributed by atoms with van der Waals surface area (Å²) in [4.78, 5) is 0. The Morgan fingerprint density at radius 1 is 0.691 bits per heavy atom. The second kappa shape index (κ2) is 14.0. The van der Waals surface area contributed by atoms with Crippen molar-refractivity contribution in [1.29, 1.82) is 0 Å². The first-order chi connectivity index (χ1) is 26.0. The van der Waals surface area contributed by atoms with Gasteiger partial charge in [0.2, 0.25) is 0 Å². The van der Waals surface area contributed by atoms with E-state index in [0.717, 1.165) is 12.1 Å². The molecular weight excluding hydrogens is 888 g/mol. The molecule has 0 radical (unpaired) electrons. The Kier molecular flexibility index (Phi) is 9.68. The van der Waals surface area contributed by atoms with Gasteiger partial charge in [0.1, 0.15) is 31.6 Å². The van der Waals surface area contributed by atoms with E-state index in [0.29, 0.717) is 44.1 Å². The van der Waals surface area contributed by atoms with E-state index in [1.165, 1.54) is 33.6 Å². The third-order valence-electron chi connectivity index (χ3n) is 8.18. The smallest absolute Gasteiger partial charge is 0.304 e. The Labute approximate surface area is 335 Å². The van der Waals surface area contributed by atoms with Gasteiger partial charge in [-0.2, -0.15) is 27.0 Å². The predicted octanol–water partition coefficient (Wildman–Crippen LogP) is 11.6. The molecule has 8 rings (SSSR count). The van der Waals surface area contributed by atoms with Gasteiger partial charge in [0.15, 0.2) is 42.6 Å². The van der Waals surface area contributed by atoms with E-state index in [9.17, 15) is 25.9 Å². The molecule has 0 aliphatic rings. The summed E-state index contributed by atoms with van der Waals surface area (Å²) in [5.41, 5.74) is 0.739. The summed E-state index contributed by atoms with van der Waals surface area (Å²) in [5.74, 6) is -1.56. The van der Waals surface area contributed by atoms with Gasteiger partial charge in [-0.1, -0.05) is 46.4 Å². The monoisotopic (exact) mass is 904 g/mol. The minimum Gasteiger partial charge on any atom is -0.451 e. The number of halogens is 6. The van der Waals surface area contributed by atoms with Crippen LogP contribution >= 0.6 is 69.1 Å². The quantitative estimate of drug-likeness (QED) is 0.0994. The topological polar surface area (TPSA) is 171 Å². The molecule has 0 saturated carbocycles. The number of nitrogens with zero attached hydrogens (tertiary/aromatic N) is 4. The third kappa shape index (κ3) is 6.87. The molecule has 8 aromatic rings. The van der Waals surface area contributed by atoms with E-state index in [1.807, 2.05) is 0 Å². The lowest BCUT2D eigenvalue weighted by molar-refractivity contribution is 0.483. The van der Waals surface area contributed by atoms with E-state index in [2.05, 4.69) is 10.2 Å². The number of fused-ring (bicyclic) bond motifs is 6. The Bertz CT molecular complexity index is 2970. The molecule has 0 fully saturated rings. The summed E-state index contributed by atoms with van der Waals surface area (Å²) in [6.07, 6.45) is 2.98. The molecule has 0 atom stereocenters. The van der Waals surface area contributed by atoms with Gasteiger partial charge in [-0.05, 0) is 67.8 Å². The van der Waals surface area contributed by atoms with Gasteiger partial charge in [-0.15, -0.1) is 22.7 Å². The number of unbranched alkanes of at least 4 members (excludes halogenated alkanes) is 2. The number of furan rings is 2. The Hall–Kier alpha value is -3.82. The van der Waals surface area contributed by atoms with Crippen LogP contribution in [0.1, 0.15) is 30.7 Å².